The molecule has 0 fully saturated rings. The van der Waals surface area contributed by atoms with E-state index in [1.165, 1.54) is 16.8 Å². The topological polar surface area (TPSA) is 32.5 Å². The van der Waals surface area contributed by atoms with Crippen molar-refractivity contribution in [2.75, 3.05) is 38.6 Å². The Labute approximate surface area is 131 Å². The largest absolute Gasteiger partial charge is 0.370 e. The van der Waals surface area contributed by atoms with E-state index >= 15 is 0 Å². The molecule has 1 atom stereocenters. The van der Waals surface area contributed by atoms with Crippen LogP contribution in [0.2, 0.25) is 0 Å². The highest BCUT2D eigenvalue weighted by atomic mass is 15.2. The van der Waals surface area contributed by atoms with Gasteiger partial charge in [-0.25, -0.2) is 0 Å². The van der Waals surface area contributed by atoms with Gasteiger partial charge in [-0.1, -0.05) is 19.9 Å². The summed E-state index contributed by atoms with van der Waals surface area (Å²) in [5.74, 6) is 0.663. The fourth-order valence-electron chi connectivity index (χ4n) is 2.54. The number of aryl methyl sites for hydroxylation is 1. The third-order valence-electron chi connectivity index (χ3n) is 3.64. The lowest BCUT2D eigenvalue weighted by atomic mass is 10.0. The molecule has 1 aromatic carbocycles. The van der Waals surface area contributed by atoms with Gasteiger partial charge in [0.05, 0.1) is 0 Å². The van der Waals surface area contributed by atoms with Gasteiger partial charge in [0.15, 0.2) is 0 Å². The molecule has 0 amide bonds. The molecule has 120 valence electrons. The van der Waals surface area contributed by atoms with Gasteiger partial charge < -0.3 is 15.5 Å². The van der Waals surface area contributed by atoms with Gasteiger partial charge in [-0.15, -0.1) is 0 Å². The van der Waals surface area contributed by atoms with E-state index in [2.05, 4.69) is 69.8 Å². The predicted molar refractivity (Wildman–Crippen MR) is 94.1 cm³/mol. The molecule has 0 aliphatic carbocycles. The Balaban J connectivity index is 2.88. The Bertz CT molecular complexity index is 424. The Morgan fingerprint density at radius 3 is 2.24 bits per heavy atom. The van der Waals surface area contributed by atoms with Gasteiger partial charge in [-0.2, -0.15) is 0 Å². The normalized spacial score (nSPS) is 13.0. The number of hydrogen-bond donors (Lipinski definition) is 1. The zero-order valence-corrected chi connectivity index (χ0v) is 14.7. The van der Waals surface area contributed by atoms with Crippen molar-refractivity contribution in [3.05, 3.63) is 29.3 Å². The van der Waals surface area contributed by atoms with Crippen LogP contribution in [0.4, 0.5) is 5.69 Å². The second-order valence-electron chi connectivity index (χ2n) is 6.94. The lowest BCUT2D eigenvalue weighted by Gasteiger charge is -2.29. The van der Waals surface area contributed by atoms with Crippen molar-refractivity contribution in [2.45, 2.75) is 40.2 Å². The third kappa shape index (κ3) is 6.49. The van der Waals surface area contributed by atoms with Crippen LogP contribution >= 0.6 is 0 Å². The molecule has 0 saturated carbocycles. The van der Waals surface area contributed by atoms with Gasteiger partial charge in [0.1, 0.15) is 0 Å². The Hall–Kier alpha value is -1.06. The number of likely N-dealkylation sites (N-methyl/N-ethyl adjacent to an activating group) is 1. The van der Waals surface area contributed by atoms with Gasteiger partial charge in [0, 0.05) is 31.4 Å². The van der Waals surface area contributed by atoms with Crippen LogP contribution < -0.4 is 10.6 Å². The molecule has 0 aliphatic heterocycles. The first kappa shape index (κ1) is 18.0. The van der Waals surface area contributed by atoms with E-state index in [1.54, 1.807) is 0 Å². The number of nitrogens with two attached hydrogens (primary N) is 1. The van der Waals surface area contributed by atoms with Gasteiger partial charge in [0.2, 0.25) is 0 Å². The molecule has 0 spiro atoms. The van der Waals surface area contributed by atoms with Crippen molar-refractivity contribution in [2.24, 2.45) is 11.7 Å². The molecule has 3 nitrogen and oxygen atoms in total. The van der Waals surface area contributed by atoms with Crippen LogP contribution in [0.5, 0.6) is 0 Å². The highest BCUT2D eigenvalue weighted by Crippen LogP contribution is 2.21. The van der Waals surface area contributed by atoms with E-state index in [0.717, 1.165) is 26.1 Å². The molecule has 2 N–H and O–H groups in total. The molecule has 1 rings (SSSR count). The summed E-state index contributed by atoms with van der Waals surface area (Å²) in [4.78, 5) is 4.73. The smallest absolute Gasteiger partial charge is 0.0369 e. The molecule has 1 unspecified atom stereocenters. The number of benzene rings is 1. The zero-order valence-electron chi connectivity index (χ0n) is 14.7. The van der Waals surface area contributed by atoms with Crippen molar-refractivity contribution in [1.82, 2.24) is 4.90 Å². The Morgan fingerprint density at radius 1 is 1.10 bits per heavy atom. The molecule has 0 radical (unpaired) electrons. The Morgan fingerprint density at radius 2 is 1.76 bits per heavy atom. The van der Waals surface area contributed by atoms with Crippen molar-refractivity contribution in [1.29, 1.82) is 0 Å². The molecule has 0 heterocycles. The van der Waals surface area contributed by atoms with Crippen molar-refractivity contribution >= 4 is 5.69 Å². The number of rotatable bonds is 8. The average Bonchev–Trinajstić information content (AvgIpc) is 2.36. The summed E-state index contributed by atoms with van der Waals surface area (Å²) >= 11 is 0. The van der Waals surface area contributed by atoms with Gasteiger partial charge >= 0.3 is 0 Å². The molecule has 3 heteroatoms. The first-order valence-electron chi connectivity index (χ1n) is 8.04. The molecule has 0 bridgehead atoms. The number of hydrogen-bond acceptors (Lipinski definition) is 3. The minimum Gasteiger partial charge on any atom is -0.370 e. The van der Waals surface area contributed by atoms with Gasteiger partial charge in [-0.05, 0) is 63.5 Å². The molecular weight excluding hydrogens is 258 g/mol. The first-order valence-corrected chi connectivity index (χ1v) is 8.04. The lowest BCUT2D eigenvalue weighted by molar-refractivity contribution is 0.409. The van der Waals surface area contributed by atoms with Crippen LogP contribution in [0.3, 0.4) is 0 Å². The second-order valence-corrected chi connectivity index (χ2v) is 6.94. The summed E-state index contributed by atoms with van der Waals surface area (Å²) in [5, 5.41) is 0. The summed E-state index contributed by atoms with van der Waals surface area (Å²) in [6.07, 6.45) is 0.952. The maximum atomic E-state index is 5.92. The molecule has 0 saturated heterocycles. The average molecular weight is 291 g/mol. The van der Waals surface area contributed by atoms with Gasteiger partial charge in [0.25, 0.3) is 0 Å². The lowest BCUT2D eigenvalue weighted by Crippen LogP contribution is -2.34. The SMILES string of the molecule is Cc1cc(N(CCN(C)C)CC(C)C)ccc1CC(C)N. The highest BCUT2D eigenvalue weighted by molar-refractivity contribution is 5.51. The molecular formula is C18H33N3. The summed E-state index contributed by atoms with van der Waals surface area (Å²) in [5.41, 5.74) is 9.97. The molecule has 0 aromatic heterocycles. The minimum atomic E-state index is 0.218. The minimum absolute atomic E-state index is 0.218. The first-order chi connectivity index (χ1) is 9.79. The molecule has 21 heavy (non-hydrogen) atoms. The van der Waals surface area contributed by atoms with Gasteiger partial charge in [-0.3, -0.25) is 0 Å². The van der Waals surface area contributed by atoms with E-state index < -0.39 is 0 Å². The van der Waals surface area contributed by atoms with Crippen molar-refractivity contribution in [3.8, 4) is 0 Å². The number of anilines is 1. The van der Waals surface area contributed by atoms with E-state index in [9.17, 15) is 0 Å². The zero-order chi connectivity index (χ0) is 16.0. The summed E-state index contributed by atoms with van der Waals surface area (Å²) in [6, 6.07) is 7.03. The van der Waals surface area contributed by atoms with Crippen LogP contribution in [0.25, 0.3) is 0 Å². The maximum Gasteiger partial charge on any atom is 0.0369 e. The van der Waals surface area contributed by atoms with Crippen LogP contribution in [0.1, 0.15) is 31.9 Å². The fraction of sp³-hybridized carbons (Fsp3) is 0.667. The van der Waals surface area contributed by atoms with E-state index in [-0.39, 0.29) is 6.04 Å². The predicted octanol–water partition coefficient (Wildman–Crippen LogP) is 2.91. The molecule has 0 aliphatic rings. The van der Waals surface area contributed by atoms with Crippen LogP contribution in [0.15, 0.2) is 18.2 Å². The summed E-state index contributed by atoms with van der Waals surface area (Å²) in [7, 11) is 4.26. The van der Waals surface area contributed by atoms with E-state index in [0.29, 0.717) is 5.92 Å². The van der Waals surface area contributed by atoms with E-state index in [1.807, 2.05) is 0 Å². The monoisotopic (exact) mass is 291 g/mol. The standard InChI is InChI=1S/C18H33N3/c1-14(2)13-21(10-9-20(5)6)18-8-7-17(12-16(4)19)15(3)11-18/h7-8,11,14,16H,9-10,12-13,19H2,1-6H3. The van der Waals surface area contributed by atoms with E-state index in [4.69, 9.17) is 5.73 Å². The third-order valence-corrected chi connectivity index (χ3v) is 3.64. The van der Waals surface area contributed by atoms with Crippen LogP contribution in [-0.2, 0) is 6.42 Å². The maximum absolute atomic E-state index is 5.92. The van der Waals surface area contributed by atoms with Crippen LogP contribution in [0, 0.1) is 12.8 Å². The van der Waals surface area contributed by atoms with Crippen molar-refractivity contribution < 1.29 is 0 Å². The highest BCUT2D eigenvalue weighted by Gasteiger charge is 2.11. The fourth-order valence-corrected chi connectivity index (χ4v) is 2.54. The number of nitrogens with zero attached hydrogens (tertiary/aromatic N) is 2. The molecule has 1 aromatic rings. The second kappa shape index (κ2) is 8.40. The quantitative estimate of drug-likeness (QED) is 0.799. The summed E-state index contributed by atoms with van der Waals surface area (Å²) in [6.45, 7) is 12.1. The Kier molecular flexibility index (Phi) is 7.20. The van der Waals surface area contributed by atoms with Crippen molar-refractivity contribution in [3.63, 3.8) is 0 Å². The summed E-state index contributed by atoms with van der Waals surface area (Å²) < 4.78 is 0. The van der Waals surface area contributed by atoms with Crippen LogP contribution in [-0.4, -0.2) is 44.7 Å².